The number of fused-ring (bicyclic) bond motifs is 1. The number of sulfonamides is 1. The van der Waals surface area contributed by atoms with Crippen LogP contribution in [0.4, 0.5) is 11.4 Å². The standard InChI is InChI=1S/C24H29N3O5S/c1-16-8-10-26(11-9-16)33(30,31)19-6-7-22-21(13-19)27(24(29)15-32-22)14-23(28)25-20-12-17(2)4-5-18(20)3/h4-7,12-13,16H,8-11,14-15H2,1-3H3,(H,25,28). The molecule has 0 aliphatic carbocycles. The predicted octanol–water partition coefficient (Wildman–Crippen LogP) is 3.09. The summed E-state index contributed by atoms with van der Waals surface area (Å²) in [6.45, 7) is 6.43. The zero-order valence-electron chi connectivity index (χ0n) is 19.1. The third-order valence-corrected chi connectivity index (χ3v) is 8.12. The number of hydrogen-bond acceptors (Lipinski definition) is 5. The molecule has 2 aliphatic rings. The van der Waals surface area contributed by atoms with Gasteiger partial charge in [0.25, 0.3) is 5.91 Å². The zero-order chi connectivity index (χ0) is 23.8. The molecule has 2 amide bonds. The lowest BCUT2D eigenvalue weighted by Gasteiger charge is -2.31. The van der Waals surface area contributed by atoms with Gasteiger partial charge in [-0.2, -0.15) is 4.31 Å². The van der Waals surface area contributed by atoms with Crippen LogP contribution in [0.15, 0.2) is 41.3 Å². The van der Waals surface area contributed by atoms with E-state index in [1.165, 1.54) is 21.3 Å². The van der Waals surface area contributed by atoms with E-state index in [0.717, 1.165) is 24.0 Å². The number of aryl methyl sites for hydroxylation is 2. The number of benzene rings is 2. The summed E-state index contributed by atoms with van der Waals surface area (Å²) < 4.78 is 33.4. The number of piperidine rings is 1. The maximum Gasteiger partial charge on any atom is 0.265 e. The van der Waals surface area contributed by atoms with Gasteiger partial charge in [-0.15, -0.1) is 0 Å². The number of hydrogen-bond donors (Lipinski definition) is 1. The van der Waals surface area contributed by atoms with Crippen LogP contribution in [-0.4, -0.2) is 50.8 Å². The molecule has 0 unspecified atom stereocenters. The Morgan fingerprint density at radius 2 is 1.85 bits per heavy atom. The van der Waals surface area contributed by atoms with E-state index in [1.807, 2.05) is 32.0 Å². The molecule has 33 heavy (non-hydrogen) atoms. The number of nitrogens with one attached hydrogen (secondary N) is 1. The van der Waals surface area contributed by atoms with Gasteiger partial charge in [-0.3, -0.25) is 14.5 Å². The molecule has 2 aromatic carbocycles. The Morgan fingerprint density at radius 1 is 1.12 bits per heavy atom. The molecule has 0 spiro atoms. The molecule has 4 rings (SSSR count). The summed E-state index contributed by atoms with van der Waals surface area (Å²) in [4.78, 5) is 26.8. The predicted molar refractivity (Wildman–Crippen MR) is 126 cm³/mol. The first kappa shape index (κ1) is 23.3. The highest BCUT2D eigenvalue weighted by Crippen LogP contribution is 2.35. The van der Waals surface area contributed by atoms with Gasteiger partial charge in [-0.1, -0.05) is 19.1 Å². The Hall–Kier alpha value is -2.91. The van der Waals surface area contributed by atoms with Crippen LogP contribution >= 0.6 is 0 Å². The summed E-state index contributed by atoms with van der Waals surface area (Å²) >= 11 is 0. The Labute approximate surface area is 194 Å². The summed E-state index contributed by atoms with van der Waals surface area (Å²) in [6.07, 6.45) is 1.63. The minimum atomic E-state index is -3.71. The summed E-state index contributed by atoms with van der Waals surface area (Å²) in [5.41, 5.74) is 2.88. The third kappa shape index (κ3) is 4.89. The van der Waals surface area contributed by atoms with Gasteiger partial charge in [0.1, 0.15) is 12.3 Å². The molecule has 0 atom stereocenters. The number of anilines is 2. The van der Waals surface area contributed by atoms with Crippen molar-refractivity contribution in [2.45, 2.75) is 38.5 Å². The van der Waals surface area contributed by atoms with Crippen molar-refractivity contribution in [3.8, 4) is 5.75 Å². The van der Waals surface area contributed by atoms with Gasteiger partial charge in [-0.25, -0.2) is 8.42 Å². The van der Waals surface area contributed by atoms with Gasteiger partial charge < -0.3 is 10.1 Å². The fourth-order valence-electron chi connectivity index (χ4n) is 4.09. The maximum atomic E-state index is 13.2. The number of carbonyl (C=O) groups excluding carboxylic acids is 2. The van der Waals surface area contributed by atoms with Crippen LogP contribution in [0.1, 0.15) is 30.9 Å². The molecule has 1 fully saturated rings. The van der Waals surface area contributed by atoms with Crippen molar-refractivity contribution in [1.29, 1.82) is 0 Å². The van der Waals surface area contributed by atoms with Crippen LogP contribution in [-0.2, 0) is 19.6 Å². The first-order valence-corrected chi connectivity index (χ1v) is 12.5. The van der Waals surface area contributed by atoms with Gasteiger partial charge >= 0.3 is 0 Å². The minimum absolute atomic E-state index is 0.0917. The molecular formula is C24H29N3O5S. The zero-order valence-corrected chi connectivity index (χ0v) is 19.9. The van der Waals surface area contributed by atoms with E-state index < -0.39 is 15.9 Å². The van der Waals surface area contributed by atoms with Crippen molar-refractivity contribution in [1.82, 2.24) is 4.31 Å². The number of rotatable bonds is 5. The quantitative estimate of drug-likeness (QED) is 0.723. The number of ether oxygens (including phenoxy) is 1. The van der Waals surface area contributed by atoms with Crippen LogP contribution in [0.25, 0.3) is 0 Å². The van der Waals surface area contributed by atoms with Crippen molar-refractivity contribution >= 4 is 33.2 Å². The van der Waals surface area contributed by atoms with Crippen LogP contribution in [0.3, 0.4) is 0 Å². The Morgan fingerprint density at radius 3 is 2.58 bits per heavy atom. The van der Waals surface area contributed by atoms with Crippen LogP contribution in [0, 0.1) is 19.8 Å². The van der Waals surface area contributed by atoms with Gasteiger partial charge in [0, 0.05) is 18.8 Å². The first-order chi connectivity index (χ1) is 15.6. The number of carbonyl (C=O) groups is 2. The molecule has 1 saturated heterocycles. The highest BCUT2D eigenvalue weighted by Gasteiger charge is 2.32. The van der Waals surface area contributed by atoms with Crippen LogP contribution in [0.2, 0.25) is 0 Å². The first-order valence-electron chi connectivity index (χ1n) is 11.1. The summed E-state index contributed by atoms with van der Waals surface area (Å²) in [7, 11) is -3.71. The van der Waals surface area contributed by atoms with Gasteiger partial charge in [0.05, 0.1) is 10.6 Å². The molecule has 1 N–H and O–H groups in total. The van der Waals surface area contributed by atoms with Gasteiger partial charge in [0.2, 0.25) is 15.9 Å². The van der Waals surface area contributed by atoms with Gasteiger partial charge in [0.15, 0.2) is 6.61 Å². The largest absolute Gasteiger partial charge is 0.482 e. The normalized spacial score (nSPS) is 17.4. The van der Waals surface area contributed by atoms with Crippen LogP contribution < -0.4 is 15.0 Å². The fraction of sp³-hybridized carbons (Fsp3) is 0.417. The number of amides is 2. The smallest absolute Gasteiger partial charge is 0.265 e. The van der Waals surface area contributed by atoms with Gasteiger partial charge in [-0.05, 0) is 68.0 Å². The summed E-state index contributed by atoms with van der Waals surface area (Å²) in [6, 6.07) is 10.2. The lowest BCUT2D eigenvalue weighted by Crippen LogP contribution is -2.43. The van der Waals surface area contributed by atoms with Crippen molar-refractivity contribution in [2.24, 2.45) is 5.92 Å². The second-order valence-electron chi connectivity index (χ2n) is 8.85. The molecule has 2 heterocycles. The molecule has 9 heteroatoms. The van der Waals surface area contributed by atoms with E-state index in [0.29, 0.717) is 30.4 Å². The monoisotopic (exact) mass is 471 g/mol. The van der Waals surface area contributed by atoms with Crippen LogP contribution in [0.5, 0.6) is 5.75 Å². The Bertz CT molecular complexity index is 1190. The molecule has 0 radical (unpaired) electrons. The fourth-order valence-corrected chi connectivity index (χ4v) is 5.58. The Kier molecular flexibility index (Phi) is 6.45. The molecule has 2 aromatic rings. The highest BCUT2D eigenvalue weighted by molar-refractivity contribution is 7.89. The third-order valence-electron chi connectivity index (χ3n) is 6.22. The van der Waals surface area contributed by atoms with E-state index in [9.17, 15) is 18.0 Å². The molecule has 0 bridgehead atoms. The van der Waals surface area contributed by atoms with E-state index in [4.69, 9.17) is 4.74 Å². The van der Waals surface area contributed by atoms with E-state index in [1.54, 1.807) is 6.07 Å². The molecule has 176 valence electrons. The molecular weight excluding hydrogens is 442 g/mol. The van der Waals surface area contributed by atoms with E-state index in [2.05, 4.69) is 12.2 Å². The van der Waals surface area contributed by atoms with Crippen molar-refractivity contribution in [3.63, 3.8) is 0 Å². The van der Waals surface area contributed by atoms with Crippen molar-refractivity contribution < 1.29 is 22.7 Å². The van der Waals surface area contributed by atoms with Crippen molar-refractivity contribution in [2.75, 3.05) is 36.5 Å². The summed E-state index contributed by atoms with van der Waals surface area (Å²) in [5, 5.41) is 2.85. The topological polar surface area (TPSA) is 96.0 Å². The average molecular weight is 472 g/mol. The molecule has 2 aliphatic heterocycles. The lowest BCUT2D eigenvalue weighted by molar-refractivity contribution is -0.123. The summed E-state index contributed by atoms with van der Waals surface area (Å²) in [5.74, 6) is 0.0977. The molecule has 8 nitrogen and oxygen atoms in total. The second-order valence-corrected chi connectivity index (χ2v) is 10.8. The highest BCUT2D eigenvalue weighted by atomic mass is 32.2. The maximum absolute atomic E-state index is 13.2. The average Bonchev–Trinajstić information content (AvgIpc) is 2.78. The van der Waals surface area contributed by atoms with Crippen molar-refractivity contribution in [3.05, 3.63) is 47.5 Å². The Balaban J connectivity index is 1.58. The van der Waals surface area contributed by atoms with E-state index in [-0.39, 0.29) is 29.6 Å². The number of nitrogens with zero attached hydrogens (tertiary/aromatic N) is 2. The minimum Gasteiger partial charge on any atom is -0.482 e. The van der Waals surface area contributed by atoms with E-state index >= 15 is 0 Å². The molecule has 0 saturated carbocycles. The lowest BCUT2D eigenvalue weighted by atomic mass is 10.0. The molecule has 0 aromatic heterocycles. The SMILES string of the molecule is Cc1ccc(C)c(NC(=O)CN2C(=O)COc3ccc(S(=O)(=O)N4CCC(C)CC4)cc32)c1. The second kappa shape index (κ2) is 9.15.